The summed E-state index contributed by atoms with van der Waals surface area (Å²) in [5, 5.41) is 3.81. The van der Waals surface area contributed by atoms with Gasteiger partial charge in [-0.3, -0.25) is 9.19 Å². The fourth-order valence-electron chi connectivity index (χ4n) is 2.48. The quantitative estimate of drug-likeness (QED) is 0.623. The number of aromatic amines is 1. The molecule has 22 heavy (non-hydrogen) atoms. The summed E-state index contributed by atoms with van der Waals surface area (Å²) >= 11 is 1.66. The van der Waals surface area contributed by atoms with Crippen molar-refractivity contribution >= 4 is 43.3 Å². The molecule has 3 heterocycles. The first-order chi connectivity index (χ1) is 10.7. The fourth-order valence-corrected chi connectivity index (χ4v) is 4.63. The number of rotatable bonds is 3. The van der Waals surface area contributed by atoms with Gasteiger partial charge in [-0.2, -0.15) is 0 Å². The fraction of sp³-hybridized carbons (Fsp3) is 0.125. The van der Waals surface area contributed by atoms with Crippen LogP contribution < -0.4 is 0 Å². The average molecular weight is 327 g/mol. The first kappa shape index (κ1) is 13.6. The van der Waals surface area contributed by atoms with Crippen LogP contribution in [-0.2, 0) is 16.6 Å². The van der Waals surface area contributed by atoms with Gasteiger partial charge < -0.3 is 4.98 Å². The van der Waals surface area contributed by atoms with Gasteiger partial charge in [-0.05, 0) is 41.5 Å². The summed E-state index contributed by atoms with van der Waals surface area (Å²) in [4.78, 5) is 12.0. The zero-order valence-electron chi connectivity index (χ0n) is 11.9. The maximum Gasteiger partial charge on any atom is 0.197 e. The maximum absolute atomic E-state index is 12.6. The van der Waals surface area contributed by atoms with Gasteiger partial charge in [0.2, 0.25) is 0 Å². The van der Waals surface area contributed by atoms with Crippen molar-refractivity contribution in [3.63, 3.8) is 0 Å². The summed E-state index contributed by atoms with van der Waals surface area (Å²) in [6.07, 6.45) is 1.78. The molecule has 0 radical (unpaired) electrons. The van der Waals surface area contributed by atoms with Gasteiger partial charge in [0.1, 0.15) is 0 Å². The number of benzene rings is 1. The molecule has 4 aromatic rings. The molecule has 0 amide bonds. The van der Waals surface area contributed by atoms with Crippen molar-refractivity contribution in [1.82, 2.24) is 15.0 Å². The maximum atomic E-state index is 12.6. The van der Waals surface area contributed by atoms with Crippen LogP contribution in [0.15, 0.2) is 47.1 Å². The third-order valence-corrected chi connectivity index (χ3v) is 5.93. The van der Waals surface area contributed by atoms with Crippen molar-refractivity contribution in [2.45, 2.75) is 17.8 Å². The molecule has 0 spiro atoms. The lowest BCUT2D eigenvalue weighted by Crippen LogP contribution is -2.00. The molecule has 0 saturated heterocycles. The SMILES string of the molecule is Cc1csc2c(C[S@](=O)c3nc4ccccc4[nH]3)nccc12. The van der Waals surface area contributed by atoms with Crippen LogP contribution in [0.2, 0.25) is 0 Å². The Bertz CT molecular complexity index is 970. The second kappa shape index (κ2) is 5.30. The van der Waals surface area contributed by atoms with Gasteiger partial charge in [0, 0.05) is 6.20 Å². The van der Waals surface area contributed by atoms with Crippen LogP contribution in [0.1, 0.15) is 11.3 Å². The van der Waals surface area contributed by atoms with Crippen molar-refractivity contribution in [3.05, 3.63) is 53.2 Å². The zero-order chi connectivity index (χ0) is 15.1. The van der Waals surface area contributed by atoms with Crippen LogP contribution >= 0.6 is 11.3 Å². The molecule has 0 bridgehead atoms. The lowest BCUT2D eigenvalue weighted by Gasteiger charge is -2.01. The van der Waals surface area contributed by atoms with Gasteiger partial charge in [0.15, 0.2) is 5.16 Å². The number of aromatic nitrogens is 3. The highest BCUT2D eigenvalue weighted by Gasteiger charge is 2.14. The second-order valence-corrected chi connectivity index (χ2v) is 7.35. The normalized spacial score (nSPS) is 13.0. The molecule has 0 fully saturated rings. The van der Waals surface area contributed by atoms with Crippen LogP contribution in [-0.4, -0.2) is 19.2 Å². The highest BCUT2D eigenvalue weighted by atomic mass is 32.2. The number of thiophene rings is 1. The highest BCUT2D eigenvalue weighted by Crippen LogP contribution is 2.28. The Labute approximate surface area is 133 Å². The van der Waals surface area contributed by atoms with E-state index in [-0.39, 0.29) is 0 Å². The predicted octanol–water partition coefficient (Wildman–Crippen LogP) is 3.79. The first-order valence-electron chi connectivity index (χ1n) is 6.87. The summed E-state index contributed by atoms with van der Waals surface area (Å²) in [5.74, 6) is 0.372. The number of hydrogen-bond donors (Lipinski definition) is 1. The molecule has 1 aromatic carbocycles. The predicted molar refractivity (Wildman–Crippen MR) is 90.6 cm³/mol. The van der Waals surface area contributed by atoms with E-state index < -0.39 is 10.8 Å². The van der Waals surface area contributed by atoms with Gasteiger partial charge >= 0.3 is 0 Å². The number of fused-ring (bicyclic) bond motifs is 2. The third-order valence-electron chi connectivity index (χ3n) is 3.61. The van der Waals surface area contributed by atoms with Gasteiger partial charge in [-0.1, -0.05) is 12.1 Å². The zero-order valence-corrected chi connectivity index (χ0v) is 13.5. The Kier molecular flexibility index (Phi) is 3.28. The lowest BCUT2D eigenvalue weighted by atomic mass is 10.2. The number of para-hydroxylation sites is 2. The van der Waals surface area contributed by atoms with E-state index in [1.807, 2.05) is 30.3 Å². The van der Waals surface area contributed by atoms with E-state index in [0.29, 0.717) is 10.9 Å². The van der Waals surface area contributed by atoms with Gasteiger partial charge in [0.05, 0.1) is 38.0 Å². The number of nitrogens with zero attached hydrogens (tertiary/aromatic N) is 2. The van der Waals surface area contributed by atoms with Crippen molar-refractivity contribution in [2.75, 3.05) is 0 Å². The summed E-state index contributed by atoms with van der Waals surface area (Å²) < 4.78 is 13.7. The average Bonchev–Trinajstić information content (AvgIpc) is 3.12. The first-order valence-corrected chi connectivity index (χ1v) is 9.07. The molecule has 4 nitrogen and oxygen atoms in total. The Morgan fingerprint density at radius 1 is 1.27 bits per heavy atom. The van der Waals surface area contributed by atoms with E-state index in [9.17, 15) is 4.21 Å². The molecule has 1 atom stereocenters. The van der Waals surface area contributed by atoms with Crippen LogP contribution in [0.3, 0.4) is 0 Å². The number of imidazole rings is 1. The minimum atomic E-state index is -1.24. The molecule has 0 aliphatic heterocycles. The van der Waals surface area contributed by atoms with Crippen LogP contribution in [0, 0.1) is 6.92 Å². The van der Waals surface area contributed by atoms with Gasteiger partial charge in [-0.15, -0.1) is 11.3 Å². The molecule has 0 unspecified atom stereocenters. The molecule has 4 rings (SSSR count). The number of pyridine rings is 1. The molecular formula is C16H13N3OS2. The van der Waals surface area contributed by atoms with Gasteiger partial charge in [-0.25, -0.2) is 4.98 Å². The standard InChI is InChI=1S/C16H13N3OS2/c1-10-8-21-15-11(10)6-7-17-14(15)9-22(20)16-18-12-4-2-3-5-13(12)19-16/h2-8H,9H2,1H3,(H,18,19)/t22-/m0/s1. The summed E-state index contributed by atoms with van der Waals surface area (Å²) in [6.45, 7) is 2.08. The summed E-state index contributed by atoms with van der Waals surface area (Å²) in [6, 6.07) is 9.71. The molecule has 3 aromatic heterocycles. The smallest absolute Gasteiger partial charge is 0.197 e. The number of nitrogens with one attached hydrogen (secondary N) is 1. The summed E-state index contributed by atoms with van der Waals surface area (Å²) in [7, 11) is -1.24. The largest absolute Gasteiger partial charge is 0.331 e. The van der Waals surface area contributed by atoms with Crippen LogP contribution in [0.25, 0.3) is 21.1 Å². The number of aryl methyl sites for hydroxylation is 1. The summed E-state index contributed by atoms with van der Waals surface area (Å²) in [5.41, 5.74) is 3.85. The molecule has 0 aliphatic carbocycles. The molecule has 6 heteroatoms. The Morgan fingerprint density at radius 2 is 2.14 bits per heavy atom. The van der Waals surface area contributed by atoms with Crippen molar-refractivity contribution in [1.29, 1.82) is 0 Å². The number of hydrogen-bond acceptors (Lipinski definition) is 4. The molecule has 0 aliphatic rings. The van der Waals surface area contributed by atoms with E-state index in [0.717, 1.165) is 21.4 Å². The lowest BCUT2D eigenvalue weighted by molar-refractivity contribution is 0.677. The highest BCUT2D eigenvalue weighted by molar-refractivity contribution is 7.84. The van der Waals surface area contributed by atoms with Crippen molar-refractivity contribution in [3.8, 4) is 0 Å². The van der Waals surface area contributed by atoms with E-state index in [4.69, 9.17) is 0 Å². The Morgan fingerprint density at radius 3 is 3.00 bits per heavy atom. The topological polar surface area (TPSA) is 58.6 Å². The van der Waals surface area contributed by atoms with E-state index in [1.54, 1.807) is 17.5 Å². The third kappa shape index (κ3) is 2.24. The minimum Gasteiger partial charge on any atom is -0.331 e. The van der Waals surface area contributed by atoms with Crippen LogP contribution in [0.5, 0.6) is 0 Å². The van der Waals surface area contributed by atoms with Crippen molar-refractivity contribution in [2.24, 2.45) is 0 Å². The molecule has 110 valence electrons. The van der Waals surface area contributed by atoms with E-state index in [2.05, 4.69) is 27.3 Å². The minimum absolute atomic E-state index is 0.372. The molecule has 1 N–H and O–H groups in total. The molecule has 0 saturated carbocycles. The Balaban J connectivity index is 1.71. The van der Waals surface area contributed by atoms with Crippen molar-refractivity contribution < 1.29 is 4.21 Å². The molecular weight excluding hydrogens is 314 g/mol. The van der Waals surface area contributed by atoms with Gasteiger partial charge in [0.25, 0.3) is 0 Å². The second-order valence-electron chi connectivity index (χ2n) is 5.10. The van der Waals surface area contributed by atoms with E-state index in [1.165, 1.54) is 10.9 Å². The number of H-pyrrole nitrogens is 1. The Hall–Kier alpha value is -2.05. The monoisotopic (exact) mass is 327 g/mol. The van der Waals surface area contributed by atoms with E-state index >= 15 is 0 Å². The van der Waals surface area contributed by atoms with Crippen LogP contribution in [0.4, 0.5) is 0 Å².